The molecule has 1 aromatic carbocycles. The number of ketones is 1. The molecule has 0 N–H and O–H groups in total. The summed E-state index contributed by atoms with van der Waals surface area (Å²) in [6, 6.07) is 4.17. The van der Waals surface area contributed by atoms with Crippen LogP contribution in [0.25, 0.3) is 0 Å². The van der Waals surface area contributed by atoms with E-state index in [9.17, 15) is 17.6 Å². The van der Waals surface area contributed by atoms with Crippen molar-refractivity contribution < 1.29 is 17.6 Å². The lowest BCUT2D eigenvalue weighted by Crippen LogP contribution is -2.45. The Labute approximate surface area is 124 Å². The number of halogens is 1. The average Bonchev–Trinajstić information content (AvgIpc) is 2.36. The number of aryl methyl sites for hydroxylation is 1. The number of hydrogen-bond acceptors (Lipinski definition) is 3. The average molecular weight is 310 g/mol. The minimum Gasteiger partial charge on any atom is -0.294 e. The van der Waals surface area contributed by atoms with Crippen molar-refractivity contribution in [2.24, 2.45) is 5.92 Å². The van der Waals surface area contributed by atoms with Crippen LogP contribution in [-0.2, 0) is 9.84 Å². The second-order valence-electron chi connectivity index (χ2n) is 6.26. The fourth-order valence-corrected chi connectivity index (χ4v) is 6.28. The van der Waals surface area contributed by atoms with Gasteiger partial charge in [-0.05, 0) is 56.4 Å². The molecule has 5 heteroatoms. The first-order valence-electron chi connectivity index (χ1n) is 7.42. The van der Waals surface area contributed by atoms with Crippen molar-refractivity contribution in [1.82, 2.24) is 0 Å². The molecule has 0 spiro atoms. The van der Waals surface area contributed by atoms with Crippen LogP contribution in [0.2, 0.25) is 0 Å². The van der Waals surface area contributed by atoms with Gasteiger partial charge in [0.1, 0.15) is 5.82 Å². The van der Waals surface area contributed by atoms with Gasteiger partial charge in [-0.25, -0.2) is 12.8 Å². The summed E-state index contributed by atoms with van der Waals surface area (Å²) in [6.07, 6.45) is 3.13. The molecule has 2 unspecified atom stereocenters. The van der Waals surface area contributed by atoms with Gasteiger partial charge in [0.2, 0.25) is 0 Å². The maximum absolute atomic E-state index is 13.2. The van der Waals surface area contributed by atoms with Crippen LogP contribution >= 0.6 is 0 Å². The smallest absolute Gasteiger partial charge is 0.166 e. The van der Waals surface area contributed by atoms with Gasteiger partial charge >= 0.3 is 0 Å². The van der Waals surface area contributed by atoms with Crippen LogP contribution < -0.4 is 0 Å². The van der Waals surface area contributed by atoms with Crippen LogP contribution in [0.5, 0.6) is 0 Å². The first-order chi connectivity index (χ1) is 9.89. The van der Waals surface area contributed by atoms with Gasteiger partial charge in [0, 0.05) is 11.5 Å². The van der Waals surface area contributed by atoms with Crippen LogP contribution in [0.15, 0.2) is 18.2 Å². The third-order valence-corrected chi connectivity index (χ3v) is 7.62. The van der Waals surface area contributed by atoms with Crippen LogP contribution in [0.1, 0.15) is 48.0 Å². The third-order valence-electron chi connectivity index (χ3n) is 4.90. The molecule has 3 rings (SSSR count). The third kappa shape index (κ3) is 2.52. The zero-order chi connectivity index (χ0) is 15.2. The minimum atomic E-state index is -3.04. The summed E-state index contributed by atoms with van der Waals surface area (Å²) in [5.74, 6) is -0.626. The summed E-state index contributed by atoms with van der Waals surface area (Å²) in [4.78, 5) is 12.7. The van der Waals surface area contributed by atoms with Gasteiger partial charge < -0.3 is 0 Å². The molecular weight excluding hydrogens is 291 g/mol. The van der Waals surface area contributed by atoms with E-state index in [1.54, 1.807) is 6.92 Å². The summed E-state index contributed by atoms with van der Waals surface area (Å²) < 4.78 is 37.7. The number of rotatable bonds is 2. The Balaban J connectivity index is 1.87. The Morgan fingerprint density at radius 3 is 2.38 bits per heavy atom. The molecule has 2 aliphatic heterocycles. The Kier molecular flexibility index (Phi) is 3.64. The van der Waals surface area contributed by atoms with E-state index in [1.807, 2.05) is 0 Å². The van der Waals surface area contributed by atoms with Crippen molar-refractivity contribution in [3.63, 3.8) is 0 Å². The molecule has 0 amide bonds. The molecule has 1 aromatic rings. The molecule has 2 fully saturated rings. The molecule has 114 valence electrons. The summed E-state index contributed by atoms with van der Waals surface area (Å²) in [6.45, 7) is 1.72. The highest BCUT2D eigenvalue weighted by Gasteiger charge is 2.46. The zero-order valence-corrected chi connectivity index (χ0v) is 12.8. The predicted molar refractivity (Wildman–Crippen MR) is 78.5 cm³/mol. The van der Waals surface area contributed by atoms with Gasteiger partial charge in [-0.1, -0.05) is 6.42 Å². The quantitative estimate of drug-likeness (QED) is 0.789. The summed E-state index contributed by atoms with van der Waals surface area (Å²) in [5, 5.41) is -0.723. The number of hydrogen-bond donors (Lipinski definition) is 0. The Morgan fingerprint density at radius 2 is 1.81 bits per heavy atom. The van der Waals surface area contributed by atoms with Crippen LogP contribution in [0, 0.1) is 18.7 Å². The lowest BCUT2D eigenvalue weighted by molar-refractivity contribution is 0.0893. The molecule has 2 bridgehead atoms. The van der Waals surface area contributed by atoms with E-state index in [2.05, 4.69) is 0 Å². The fourth-order valence-electron chi connectivity index (χ4n) is 3.75. The van der Waals surface area contributed by atoms with E-state index in [0.717, 1.165) is 6.42 Å². The van der Waals surface area contributed by atoms with E-state index >= 15 is 0 Å². The van der Waals surface area contributed by atoms with Crippen molar-refractivity contribution in [1.29, 1.82) is 0 Å². The highest BCUT2D eigenvalue weighted by Crippen LogP contribution is 2.40. The molecule has 2 aliphatic rings. The standard InChI is InChI=1S/C16H19FO3S/c1-10-7-12(17)5-6-15(10)16(18)11-8-13-3-2-4-14(9-11)21(13,19)20/h5-7,11,13-14H,2-4,8-9H2,1H3. The van der Waals surface area contributed by atoms with E-state index in [0.29, 0.717) is 36.8 Å². The molecule has 3 nitrogen and oxygen atoms in total. The molecule has 0 saturated carbocycles. The summed E-state index contributed by atoms with van der Waals surface area (Å²) in [7, 11) is -3.04. The number of fused-ring (bicyclic) bond motifs is 2. The van der Waals surface area contributed by atoms with Gasteiger partial charge in [-0.15, -0.1) is 0 Å². The van der Waals surface area contributed by atoms with Gasteiger partial charge in [-0.3, -0.25) is 4.79 Å². The maximum atomic E-state index is 13.2. The molecule has 0 aliphatic carbocycles. The highest BCUT2D eigenvalue weighted by atomic mass is 32.2. The summed E-state index contributed by atoms with van der Waals surface area (Å²) in [5.41, 5.74) is 1.15. The zero-order valence-electron chi connectivity index (χ0n) is 12.0. The van der Waals surface area contributed by atoms with Crippen molar-refractivity contribution in [2.75, 3.05) is 0 Å². The lowest BCUT2D eigenvalue weighted by Gasteiger charge is -2.38. The minimum absolute atomic E-state index is 0.0284. The van der Waals surface area contributed by atoms with Gasteiger partial charge in [0.15, 0.2) is 15.6 Å². The largest absolute Gasteiger partial charge is 0.294 e. The Hall–Kier alpha value is -1.23. The van der Waals surface area contributed by atoms with E-state index in [1.165, 1.54) is 18.2 Å². The van der Waals surface area contributed by atoms with Crippen LogP contribution in [0.3, 0.4) is 0 Å². The van der Waals surface area contributed by atoms with Gasteiger partial charge in [-0.2, -0.15) is 0 Å². The van der Waals surface area contributed by atoms with E-state index in [4.69, 9.17) is 0 Å². The number of benzene rings is 1. The second-order valence-corrected chi connectivity index (χ2v) is 8.77. The SMILES string of the molecule is Cc1cc(F)ccc1C(=O)C1CC2CCCC(C1)S2(=O)=O. The van der Waals surface area contributed by atoms with E-state index < -0.39 is 9.84 Å². The van der Waals surface area contributed by atoms with E-state index in [-0.39, 0.29) is 28.0 Å². The number of carbonyl (C=O) groups excluding carboxylic acids is 1. The maximum Gasteiger partial charge on any atom is 0.166 e. The summed E-state index contributed by atoms with van der Waals surface area (Å²) >= 11 is 0. The second kappa shape index (κ2) is 5.20. The molecular formula is C16H19FO3S. The topological polar surface area (TPSA) is 51.2 Å². The van der Waals surface area contributed by atoms with Gasteiger partial charge in [0.05, 0.1) is 10.5 Å². The van der Waals surface area contributed by atoms with Crippen LogP contribution in [0.4, 0.5) is 4.39 Å². The molecule has 0 radical (unpaired) electrons. The molecule has 2 atom stereocenters. The Bertz CT molecular complexity index is 661. The molecule has 0 aromatic heterocycles. The molecule has 21 heavy (non-hydrogen) atoms. The molecule has 2 heterocycles. The van der Waals surface area contributed by atoms with Crippen LogP contribution in [-0.4, -0.2) is 24.7 Å². The number of sulfone groups is 1. The molecule has 2 saturated heterocycles. The highest BCUT2D eigenvalue weighted by molar-refractivity contribution is 7.92. The first kappa shape index (κ1) is 14.7. The van der Waals surface area contributed by atoms with Gasteiger partial charge in [0.25, 0.3) is 0 Å². The Morgan fingerprint density at radius 1 is 1.19 bits per heavy atom. The number of Topliss-reactive ketones (excluding diaryl/α,β-unsaturated/α-hetero) is 1. The van der Waals surface area contributed by atoms with Crippen molar-refractivity contribution in [2.45, 2.75) is 49.5 Å². The van der Waals surface area contributed by atoms with Crippen molar-refractivity contribution >= 4 is 15.6 Å². The lowest BCUT2D eigenvalue weighted by atomic mass is 9.83. The number of carbonyl (C=O) groups is 1. The van der Waals surface area contributed by atoms with Crippen molar-refractivity contribution in [3.05, 3.63) is 35.1 Å². The fraction of sp³-hybridized carbons (Fsp3) is 0.562. The monoisotopic (exact) mass is 310 g/mol. The predicted octanol–water partition coefficient (Wildman–Crippen LogP) is 3.06. The first-order valence-corrected chi connectivity index (χ1v) is 9.03. The van der Waals surface area contributed by atoms with Crippen molar-refractivity contribution in [3.8, 4) is 0 Å². The normalized spacial score (nSPS) is 30.9.